The van der Waals surface area contributed by atoms with E-state index in [1.54, 1.807) is 0 Å². The highest BCUT2D eigenvalue weighted by molar-refractivity contribution is 4.94. The Kier molecular flexibility index (Phi) is 2.51. The summed E-state index contributed by atoms with van der Waals surface area (Å²) in [6.45, 7) is 10.00. The standard InChI is InChI=1S/C11H18N/c1-10-7-5-6-8-12(10)9-11(2,3)4/h5-8H,9H2,1-4H3/q+1. The minimum absolute atomic E-state index is 0.358. The maximum Gasteiger partial charge on any atom is 0.178 e. The molecule has 0 aromatic carbocycles. The van der Waals surface area contributed by atoms with Crippen molar-refractivity contribution in [1.82, 2.24) is 0 Å². The van der Waals surface area contributed by atoms with Gasteiger partial charge in [0.1, 0.15) is 0 Å². The topological polar surface area (TPSA) is 3.88 Å². The molecular formula is C11H18N+. The second-order valence-electron chi connectivity index (χ2n) is 4.53. The van der Waals surface area contributed by atoms with E-state index in [0.717, 1.165) is 6.54 Å². The summed E-state index contributed by atoms with van der Waals surface area (Å²) in [4.78, 5) is 0. The molecule has 0 N–H and O–H groups in total. The van der Waals surface area contributed by atoms with E-state index in [4.69, 9.17) is 0 Å². The molecule has 12 heavy (non-hydrogen) atoms. The Hall–Kier alpha value is -0.850. The van der Waals surface area contributed by atoms with E-state index in [2.05, 4.69) is 56.7 Å². The van der Waals surface area contributed by atoms with E-state index >= 15 is 0 Å². The maximum atomic E-state index is 2.29. The summed E-state index contributed by atoms with van der Waals surface area (Å²) >= 11 is 0. The van der Waals surface area contributed by atoms with Crippen molar-refractivity contribution in [2.45, 2.75) is 34.2 Å². The van der Waals surface area contributed by atoms with Crippen LogP contribution in [0, 0.1) is 12.3 Å². The summed E-state index contributed by atoms with van der Waals surface area (Å²) in [6, 6.07) is 6.30. The van der Waals surface area contributed by atoms with Gasteiger partial charge in [0.05, 0.1) is 0 Å². The van der Waals surface area contributed by atoms with Gasteiger partial charge in [0.2, 0.25) is 0 Å². The van der Waals surface area contributed by atoms with E-state index in [0.29, 0.717) is 5.41 Å². The van der Waals surface area contributed by atoms with Gasteiger partial charge in [-0.05, 0) is 0 Å². The van der Waals surface area contributed by atoms with Crippen LogP contribution in [0.25, 0.3) is 0 Å². The van der Waals surface area contributed by atoms with Crippen molar-refractivity contribution >= 4 is 0 Å². The largest absolute Gasteiger partial charge is 0.202 e. The molecule has 0 aliphatic heterocycles. The highest BCUT2D eigenvalue weighted by Gasteiger charge is 2.17. The molecule has 0 fully saturated rings. The van der Waals surface area contributed by atoms with Gasteiger partial charge in [-0.25, -0.2) is 4.57 Å². The lowest BCUT2D eigenvalue weighted by atomic mass is 9.96. The van der Waals surface area contributed by atoms with Crippen molar-refractivity contribution in [3.8, 4) is 0 Å². The third kappa shape index (κ3) is 2.65. The zero-order valence-corrected chi connectivity index (χ0v) is 8.46. The lowest BCUT2D eigenvalue weighted by Gasteiger charge is -2.14. The van der Waals surface area contributed by atoms with Gasteiger partial charge in [0, 0.05) is 24.5 Å². The van der Waals surface area contributed by atoms with Gasteiger partial charge in [-0.1, -0.05) is 26.8 Å². The van der Waals surface area contributed by atoms with E-state index in [1.807, 2.05) is 0 Å². The van der Waals surface area contributed by atoms with Crippen molar-refractivity contribution in [2.24, 2.45) is 5.41 Å². The van der Waals surface area contributed by atoms with Gasteiger partial charge in [-0.15, -0.1) is 0 Å². The molecule has 0 saturated heterocycles. The molecule has 0 amide bonds. The quantitative estimate of drug-likeness (QED) is 0.561. The summed E-state index contributed by atoms with van der Waals surface area (Å²) in [7, 11) is 0. The average molecular weight is 164 g/mol. The number of aryl methyl sites for hydroxylation is 1. The highest BCUT2D eigenvalue weighted by Crippen LogP contribution is 2.12. The Morgan fingerprint density at radius 2 is 1.92 bits per heavy atom. The SMILES string of the molecule is Cc1cccc[n+]1CC(C)(C)C. The summed E-state index contributed by atoms with van der Waals surface area (Å²) < 4.78 is 2.29. The lowest BCUT2D eigenvalue weighted by Crippen LogP contribution is -2.42. The number of pyridine rings is 1. The second-order valence-corrected chi connectivity index (χ2v) is 4.53. The van der Waals surface area contributed by atoms with Crippen molar-refractivity contribution in [3.63, 3.8) is 0 Å². The van der Waals surface area contributed by atoms with E-state index < -0.39 is 0 Å². The monoisotopic (exact) mass is 164 g/mol. The third-order valence-corrected chi connectivity index (χ3v) is 1.81. The number of hydrogen-bond donors (Lipinski definition) is 0. The average Bonchev–Trinajstić information content (AvgIpc) is 1.91. The first-order chi connectivity index (χ1) is 5.49. The number of aromatic nitrogens is 1. The molecule has 0 saturated carbocycles. The molecule has 0 aliphatic rings. The van der Waals surface area contributed by atoms with Crippen LogP contribution in [0.1, 0.15) is 26.5 Å². The third-order valence-electron chi connectivity index (χ3n) is 1.81. The van der Waals surface area contributed by atoms with Crippen LogP contribution in [0.3, 0.4) is 0 Å². The molecule has 1 rings (SSSR count). The number of hydrogen-bond acceptors (Lipinski definition) is 0. The van der Waals surface area contributed by atoms with Crippen molar-refractivity contribution in [3.05, 3.63) is 30.1 Å². The Bertz CT molecular complexity index is 258. The normalized spacial score (nSPS) is 11.7. The molecule has 0 unspecified atom stereocenters. The molecule has 0 radical (unpaired) electrons. The molecule has 1 nitrogen and oxygen atoms in total. The molecule has 0 spiro atoms. The first kappa shape index (κ1) is 9.24. The van der Waals surface area contributed by atoms with E-state index in [-0.39, 0.29) is 0 Å². The van der Waals surface area contributed by atoms with Crippen molar-refractivity contribution < 1.29 is 4.57 Å². The van der Waals surface area contributed by atoms with Gasteiger partial charge in [-0.2, -0.15) is 0 Å². The van der Waals surface area contributed by atoms with Crippen molar-refractivity contribution in [1.29, 1.82) is 0 Å². The molecule has 1 heterocycles. The molecular weight excluding hydrogens is 146 g/mol. The fourth-order valence-corrected chi connectivity index (χ4v) is 1.25. The van der Waals surface area contributed by atoms with E-state index in [1.165, 1.54) is 5.69 Å². The summed E-state index contributed by atoms with van der Waals surface area (Å²) in [6.07, 6.45) is 2.14. The summed E-state index contributed by atoms with van der Waals surface area (Å²) in [5.74, 6) is 0. The summed E-state index contributed by atoms with van der Waals surface area (Å²) in [5.41, 5.74) is 1.68. The zero-order valence-electron chi connectivity index (χ0n) is 8.46. The fourth-order valence-electron chi connectivity index (χ4n) is 1.25. The number of rotatable bonds is 1. The van der Waals surface area contributed by atoms with Crippen LogP contribution in [-0.2, 0) is 6.54 Å². The minimum Gasteiger partial charge on any atom is -0.202 e. The minimum atomic E-state index is 0.358. The van der Waals surface area contributed by atoms with Gasteiger partial charge in [-0.3, -0.25) is 0 Å². The highest BCUT2D eigenvalue weighted by atomic mass is 15.0. The molecule has 0 bridgehead atoms. The first-order valence-corrected chi connectivity index (χ1v) is 4.44. The van der Waals surface area contributed by atoms with Crippen LogP contribution in [0.5, 0.6) is 0 Å². The molecule has 66 valence electrons. The van der Waals surface area contributed by atoms with Crippen LogP contribution in [0.4, 0.5) is 0 Å². The van der Waals surface area contributed by atoms with Crippen LogP contribution in [0.2, 0.25) is 0 Å². The van der Waals surface area contributed by atoms with Crippen LogP contribution in [-0.4, -0.2) is 0 Å². The Morgan fingerprint density at radius 3 is 2.42 bits per heavy atom. The molecule has 1 aromatic heterocycles. The number of nitrogens with zero attached hydrogens (tertiary/aromatic N) is 1. The predicted octanol–water partition coefficient (Wildman–Crippen LogP) is 2.33. The smallest absolute Gasteiger partial charge is 0.178 e. The molecule has 0 atom stereocenters. The molecule has 1 aromatic rings. The fraction of sp³-hybridized carbons (Fsp3) is 0.545. The van der Waals surface area contributed by atoms with Gasteiger partial charge in [0.15, 0.2) is 18.4 Å². The Balaban J connectivity index is 2.83. The Morgan fingerprint density at radius 1 is 1.25 bits per heavy atom. The van der Waals surface area contributed by atoms with Gasteiger partial charge >= 0.3 is 0 Å². The molecule has 1 heteroatoms. The van der Waals surface area contributed by atoms with Crippen LogP contribution < -0.4 is 4.57 Å². The predicted molar refractivity (Wildman–Crippen MR) is 50.8 cm³/mol. The maximum absolute atomic E-state index is 2.29. The van der Waals surface area contributed by atoms with Crippen LogP contribution >= 0.6 is 0 Å². The molecule has 0 aliphatic carbocycles. The zero-order chi connectivity index (χ0) is 9.19. The van der Waals surface area contributed by atoms with Crippen LogP contribution in [0.15, 0.2) is 24.4 Å². The van der Waals surface area contributed by atoms with Gasteiger partial charge < -0.3 is 0 Å². The first-order valence-electron chi connectivity index (χ1n) is 4.44. The van der Waals surface area contributed by atoms with Gasteiger partial charge in [0.25, 0.3) is 0 Å². The summed E-state index contributed by atoms with van der Waals surface area (Å²) in [5, 5.41) is 0. The Labute approximate surface area is 75.1 Å². The lowest BCUT2D eigenvalue weighted by molar-refractivity contribution is -0.713. The van der Waals surface area contributed by atoms with E-state index in [9.17, 15) is 0 Å². The van der Waals surface area contributed by atoms with Crippen molar-refractivity contribution in [2.75, 3.05) is 0 Å². The second kappa shape index (κ2) is 3.26.